The Bertz CT molecular complexity index is 1980. The number of amides is 2. The van der Waals surface area contributed by atoms with Crippen LogP contribution < -0.4 is 10.9 Å². The average Bonchev–Trinajstić information content (AvgIpc) is 3.11. The molecule has 1 aliphatic heterocycles. The van der Waals surface area contributed by atoms with Crippen molar-refractivity contribution in [2.24, 2.45) is 0 Å². The van der Waals surface area contributed by atoms with Crippen LogP contribution in [0.3, 0.4) is 0 Å². The van der Waals surface area contributed by atoms with Gasteiger partial charge in [-0.2, -0.15) is 0 Å². The molecule has 0 aliphatic carbocycles. The molecular weight excluding hydrogens is 596 g/mol. The average molecular weight is 641 g/mol. The molecule has 0 spiro atoms. The molecule has 48 heavy (non-hydrogen) atoms. The third-order valence-electron chi connectivity index (χ3n) is 10.1. The van der Waals surface area contributed by atoms with Gasteiger partial charge in [0.1, 0.15) is 0 Å². The summed E-state index contributed by atoms with van der Waals surface area (Å²) in [5.74, 6) is -0.178. The highest BCUT2D eigenvalue weighted by Gasteiger charge is 2.41. The minimum Gasteiger partial charge on any atom is -0.345 e. The van der Waals surface area contributed by atoms with Gasteiger partial charge < -0.3 is 10.2 Å². The molecule has 7 heteroatoms. The van der Waals surface area contributed by atoms with Gasteiger partial charge in [0.25, 0.3) is 11.5 Å². The number of benzene rings is 4. The van der Waals surface area contributed by atoms with E-state index in [0.717, 1.165) is 41.6 Å². The van der Waals surface area contributed by atoms with Gasteiger partial charge >= 0.3 is 0 Å². The number of nitrogens with zero attached hydrogens (tertiary/aromatic N) is 3. The van der Waals surface area contributed by atoms with Crippen molar-refractivity contribution in [3.63, 3.8) is 0 Å². The lowest BCUT2D eigenvalue weighted by Crippen LogP contribution is -2.53. The van der Waals surface area contributed by atoms with Crippen LogP contribution in [0, 0.1) is 6.92 Å². The second kappa shape index (κ2) is 14.0. The number of likely N-dealkylation sites (tertiary alicyclic amines) is 1. The zero-order valence-electron chi connectivity index (χ0n) is 28.3. The summed E-state index contributed by atoms with van der Waals surface area (Å²) in [6.07, 6.45) is 2.17. The van der Waals surface area contributed by atoms with Gasteiger partial charge in [0.2, 0.25) is 5.91 Å². The van der Waals surface area contributed by atoms with Crippen LogP contribution in [0.25, 0.3) is 16.5 Å². The number of nitrogens with one attached hydrogen (secondary N) is 1. The molecule has 0 bridgehead atoms. The molecule has 1 saturated heterocycles. The zero-order chi connectivity index (χ0) is 33.8. The van der Waals surface area contributed by atoms with Gasteiger partial charge in [-0.05, 0) is 61.1 Å². The summed E-state index contributed by atoms with van der Waals surface area (Å²) in [6.45, 7) is 7.46. The fourth-order valence-electron chi connectivity index (χ4n) is 7.34. The normalized spacial score (nSPS) is 15.2. The second-order valence-corrected chi connectivity index (χ2v) is 12.9. The fraction of sp³-hybridized carbons (Fsp3) is 0.293. The lowest BCUT2D eigenvalue weighted by Gasteiger charge is -2.47. The van der Waals surface area contributed by atoms with Crippen LogP contribution in [-0.4, -0.2) is 46.3 Å². The first-order valence-electron chi connectivity index (χ1n) is 16.8. The van der Waals surface area contributed by atoms with Crippen molar-refractivity contribution >= 4 is 22.6 Å². The summed E-state index contributed by atoms with van der Waals surface area (Å²) in [5, 5.41) is 4.48. The van der Waals surface area contributed by atoms with E-state index in [4.69, 9.17) is 0 Å². The highest BCUT2D eigenvalue weighted by atomic mass is 16.2. The third kappa shape index (κ3) is 6.30. The maximum atomic E-state index is 14.6. The Morgan fingerprint density at radius 2 is 1.48 bits per heavy atom. The minimum atomic E-state index is -0.437. The third-order valence-corrected chi connectivity index (χ3v) is 10.1. The Kier molecular flexibility index (Phi) is 9.60. The second-order valence-electron chi connectivity index (χ2n) is 12.9. The van der Waals surface area contributed by atoms with E-state index < -0.39 is 5.54 Å². The molecule has 6 rings (SSSR count). The molecule has 1 fully saturated rings. The first-order valence-corrected chi connectivity index (χ1v) is 16.8. The molecule has 1 N–H and O–H groups in total. The molecule has 0 saturated carbocycles. The van der Waals surface area contributed by atoms with Gasteiger partial charge in [0.05, 0.1) is 22.8 Å². The van der Waals surface area contributed by atoms with Crippen molar-refractivity contribution in [1.82, 2.24) is 19.7 Å². The van der Waals surface area contributed by atoms with Crippen LogP contribution in [-0.2, 0) is 16.9 Å². The largest absolute Gasteiger partial charge is 0.345 e. The minimum absolute atomic E-state index is 0.0259. The van der Waals surface area contributed by atoms with Gasteiger partial charge in [-0.25, -0.2) is 0 Å². The van der Waals surface area contributed by atoms with Crippen molar-refractivity contribution in [3.05, 3.63) is 147 Å². The number of piperidine rings is 1. The smallest absolute Gasteiger partial charge is 0.263 e. The first kappa shape index (κ1) is 32.9. The molecule has 5 aromatic rings. The molecule has 2 heterocycles. The number of carbonyl (C=O) groups is 2. The SMILES string of the molecule is CC[C@H](NC(=O)c1c(CN2CCC(c3ccccc3)(N(C)C(C)=O)CC2)n(-c2cccc(C)c2)c(=O)c2ccccc12)c1ccccc1. The van der Waals surface area contributed by atoms with E-state index >= 15 is 0 Å². The molecule has 1 atom stereocenters. The monoisotopic (exact) mass is 640 g/mol. The molecule has 1 aliphatic rings. The Hall–Kier alpha value is -5.01. The van der Waals surface area contributed by atoms with Crippen LogP contribution in [0.4, 0.5) is 0 Å². The van der Waals surface area contributed by atoms with Gasteiger partial charge in [0.15, 0.2) is 0 Å². The Balaban J connectivity index is 1.46. The van der Waals surface area contributed by atoms with Crippen molar-refractivity contribution in [1.29, 1.82) is 0 Å². The molecule has 2 amide bonds. The number of fused-ring (bicyclic) bond motifs is 1. The van der Waals surface area contributed by atoms with E-state index in [-0.39, 0.29) is 23.4 Å². The van der Waals surface area contributed by atoms with Crippen molar-refractivity contribution in [2.75, 3.05) is 20.1 Å². The summed E-state index contributed by atoms with van der Waals surface area (Å²) in [7, 11) is 1.89. The van der Waals surface area contributed by atoms with Crippen molar-refractivity contribution in [2.45, 2.75) is 58.2 Å². The Morgan fingerprint density at radius 3 is 2.10 bits per heavy atom. The zero-order valence-corrected chi connectivity index (χ0v) is 28.3. The predicted octanol–water partition coefficient (Wildman–Crippen LogP) is 7.15. The van der Waals surface area contributed by atoms with Crippen molar-refractivity contribution < 1.29 is 9.59 Å². The molecule has 4 aromatic carbocycles. The summed E-state index contributed by atoms with van der Waals surface area (Å²) in [5.41, 5.74) is 4.51. The van der Waals surface area contributed by atoms with Crippen LogP contribution in [0.1, 0.15) is 71.9 Å². The Morgan fingerprint density at radius 1 is 0.854 bits per heavy atom. The standard InChI is InChI=1S/C41H44N4O3/c1-5-36(31-16-8-6-9-17-31)42-39(47)38-34-21-12-13-22-35(34)40(48)45(33-20-14-15-29(2)27-33)37(38)28-44-25-23-41(24-26-44,43(4)30(3)46)32-18-10-7-11-19-32/h6-22,27,36H,5,23-26,28H2,1-4H3,(H,42,47)/t36-/m0/s1. The maximum Gasteiger partial charge on any atom is 0.263 e. The van der Waals surface area contributed by atoms with Crippen molar-refractivity contribution in [3.8, 4) is 5.69 Å². The Labute approximate surface area is 282 Å². The highest BCUT2D eigenvalue weighted by molar-refractivity contribution is 6.08. The summed E-state index contributed by atoms with van der Waals surface area (Å²) >= 11 is 0. The van der Waals surface area contributed by atoms with E-state index in [1.807, 2.05) is 116 Å². The molecule has 0 radical (unpaired) electrons. The van der Waals surface area contributed by atoms with Gasteiger partial charge in [-0.3, -0.25) is 23.9 Å². The molecular formula is C41H44N4O3. The lowest BCUT2D eigenvalue weighted by molar-refractivity contribution is -0.136. The predicted molar refractivity (Wildman–Crippen MR) is 192 cm³/mol. The number of aryl methyl sites for hydroxylation is 1. The molecule has 7 nitrogen and oxygen atoms in total. The quantitative estimate of drug-likeness (QED) is 0.186. The van der Waals surface area contributed by atoms with E-state index in [1.165, 1.54) is 0 Å². The maximum absolute atomic E-state index is 14.6. The van der Waals surface area contributed by atoms with Gasteiger partial charge in [0, 0.05) is 50.1 Å². The van der Waals surface area contributed by atoms with Gasteiger partial charge in [-0.15, -0.1) is 0 Å². The van der Waals surface area contributed by atoms with Crippen LogP contribution in [0.5, 0.6) is 0 Å². The number of rotatable bonds is 9. The van der Waals surface area contributed by atoms with E-state index in [9.17, 15) is 14.4 Å². The number of hydrogen-bond acceptors (Lipinski definition) is 4. The number of aromatic nitrogens is 1. The first-order chi connectivity index (χ1) is 23.2. The van der Waals surface area contributed by atoms with E-state index in [2.05, 4.69) is 29.3 Å². The van der Waals surface area contributed by atoms with Crippen LogP contribution in [0.15, 0.2) is 114 Å². The molecule has 1 aromatic heterocycles. The van der Waals surface area contributed by atoms with Gasteiger partial charge in [-0.1, -0.05) is 97.9 Å². The summed E-state index contributed by atoms with van der Waals surface area (Å²) in [4.78, 5) is 45.9. The lowest BCUT2D eigenvalue weighted by atomic mass is 9.79. The molecule has 246 valence electrons. The van der Waals surface area contributed by atoms with E-state index in [0.29, 0.717) is 41.7 Å². The number of pyridine rings is 1. The molecule has 0 unspecified atom stereocenters. The number of hydrogen-bond donors (Lipinski definition) is 1. The number of carbonyl (C=O) groups excluding carboxylic acids is 2. The van der Waals surface area contributed by atoms with Crippen LogP contribution in [0.2, 0.25) is 0 Å². The van der Waals surface area contributed by atoms with E-state index in [1.54, 1.807) is 11.5 Å². The topological polar surface area (TPSA) is 74.7 Å². The van der Waals surface area contributed by atoms with Crippen LogP contribution >= 0.6 is 0 Å². The summed E-state index contributed by atoms with van der Waals surface area (Å²) < 4.78 is 1.74. The summed E-state index contributed by atoms with van der Waals surface area (Å²) in [6, 6.07) is 35.4. The highest BCUT2D eigenvalue weighted by Crippen LogP contribution is 2.39. The fourth-order valence-corrected chi connectivity index (χ4v) is 7.34.